The van der Waals surface area contributed by atoms with Gasteiger partial charge in [0.1, 0.15) is 9.90 Å². The van der Waals surface area contributed by atoms with Gasteiger partial charge in [-0.1, -0.05) is 0 Å². The number of benzene rings is 1. The molecule has 0 atom stereocenters. The van der Waals surface area contributed by atoms with Gasteiger partial charge >= 0.3 is 0 Å². The number of halogens is 4. The highest BCUT2D eigenvalue weighted by Gasteiger charge is 2.25. The molecule has 0 saturated heterocycles. The number of nitrogen functional groups attached to an aromatic ring is 1. The highest BCUT2D eigenvalue weighted by molar-refractivity contribution is 7.94. The van der Waals surface area contributed by atoms with Crippen LogP contribution in [-0.2, 0) is 10.0 Å². The molecule has 1 heterocycles. The van der Waals surface area contributed by atoms with Gasteiger partial charge in [0.05, 0.1) is 0 Å². The summed E-state index contributed by atoms with van der Waals surface area (Å²) >= 11 is 0.688. The SMILES string of the molecule is Nc1csc(S(=O)(=O)Nc2c(F)c(F)cc(F)c2F)c1. The Balaban J connectivity index is 2.50. The fourth-order valence-electron chi connectivity index (χ4n) is 1.32. The van der Waals surface area contributed by atoms with Crippen molar-refractivity contribution in [1.82, 2.24) is 0 Å². The standard InChI is InChI=1S/C10H6F4N2O2S2/c11-5-2-6(12)9(14)10(8(5)13)16-20(17,18)7-1-4(15)3-19-7/h1-3,16H,15H2. The van der Waals surface area contributed by atoms with E-state index in [2.05, 4.69) is 0 Å². The van der Waals surface area contributed by atoms with E-state index in [9.17, 15) is 26.0 Å². The van der Waals surface area contributed by atoms with Crippen LogP contribution in [0.4, 0.5) is 28.9 Å². The van der Waals surface area contributed by atoms with Crippen LogP contribution >= 0.6 is 11.3 Å². The number of anilines is 2. The molecule has 3 N–H and O–H groups in total. The third kappa shape index (κ3) is 2.56. The number of hydrogen-bond donors (Lipinski definition) is 2. The summed E-state index contributed by atoms with van der Waals surface area (Å²) in [4.78, 5) is 0. The fourth-order valence-corrected chi connectivity index (χ4v) is 3.46. The maximum absolute atomic E-state index is 13.4. The minimum absolute atomic E-state index is 0.0222. The van der Waals surface area contributed by atoms with E-state index < -0.39 is 39.0 Å². The molecule has 0 aliphatic carbocycles. The van der Waals surface area contributed by atoms with Gasteiger partial charge in [-0.25, -0.2) is 26.0 Å². The largest absolute Gasteiger partial charge is 0.398 e. The first-order valence-electron chi connectivity index (χ1n) is 4.92. The van der Waals surface area contributed by atoms with E-state index in [0.717, 1.165) is 6.07 Å². The molecule has 20 heavy (non-hydrogen) atoms. The fraction of sp³-hybridized carbons (Fsp3) is 0. The Kier molecular flexibility index (Phi) is 3.61. The van der Waals surface area contributed by atoms with Crippen molar-refractivity contribution in [1.29, 1.82) is 0 Å². The van der Waals surface area contributed by atoms with E-state index in [4.69, 9.17) is 5.73 Å². The van der Waals surface area contributed by atoms with Crippen LogP contribution in [-0.4, -0.2) is 8.42 Å². The lowest BCUT2D eigenvalue weighted by atomic mass is 10.3. The number of hydrogen-bond acceptors (Lipinski definition) is 4. The van der Waals surface area contributed by atoms with Gasteiger partial charge < -0.3 is 5.73 Å². The predicted molar refractivity (Wildman–Crippen MR) is 65.8 cm³/mol. The smallest absolute Gasteiger partial charge is 0.271 e. The molecule has 1 aromatic carbocycles. The van der Waals surface area contributed by atoms with Crippen molar-refractivity contribution < 1.29 is 26.0 Å². The summed E-state index contributed by atoms with van der Waals surface area (Å²) in [6.45, 7) is 0. The first-order valence-corrected chi connectivity index (χ1v) is 7.28. The lowest BCUT2D eigenvalue weighted by Gasteiger charge is -2.09. The molecule has 2 rings (SSSR count). The second-order valence-corrected chi connectivity index (χ2v) is 6.47. The van der Waals surface area contributed by atoms with Gasteiger partial charge in [-0.3, -0.25) is 4.72 Å². The summed E-state index contributed by atoms with van der Waals surface area (Å²) in [5.74, 6) is -7.10. The van der Waals surface area contributed by atoms with E-state index in [1.807, 2.05) is 0 Å². The topological polar surface area (TPSA) is 72.2 Å². The molecule has 108 valence electrons. The Morgan fingerprint density at radius 2 is 1.60 bits per heavy atom. The Hall–Kier alpha value is -1.81. The number of nitrogens with one attached hydrogen (secondary N) is 1. The normalized spacial score (nSPS) is 11.6. The molecule has 10 heteroatoms. The molecule has 0 spiro atoms. The Bertz CT molecular complexity index is 748. The van der Waals surface area contributed by atoms with Crippen LogP contribution < -0.4 is 10.5 Å². The molecule has 0 unspecified atom stereocenters. The molecule has 0 aliphatic heterocycles. The van der Waals surface area contributed by atoms with Crippen LogP contribution in [0.2, 0.25) is 0 Å². The van der Waals surface area contributed by atoms with Crippen molar-refractivity contribution in [2.24, 2.45) is 0 Å². The molecular weight excluding hydrogens is 320 g/mol. The van der Waals surface area contributed by atoms with Gasteiger partial charge in [-0.05, 0) is 6.07 Å². The second-order valence-electron chi connectivity index (χ2n) is 3.65. The molecule has 2 aromatic rings. The first-order chi connectivity index (χ1) is 9.22. The Morgan fingerprint density at radius 3 is 2.05 bits per heavy atom. The summed E-state index contributed by atoms with van der Waals surface area (Å²) in [5, 5.41) is 1.29. The monoisotopic (exact) mass is 326 g/mol. The Morgan fingerprint density at radius 1 is 1.05 bits per heavy atom. The van der Waals surface area contributed by atoms with E-state index in [0.29, 0.717) is 11.3 Å². The number of rotatable bonds is 3. The van der Waals surface area contributed by atoms with Crippen molar-refractivity contribution in [2.75, 3.05) is 10.5 Å². The summed E-state index contributed by atoms with van der Waals surface area (Å²) in [6, 6.07) is 1.02. The van der Waals surface area contributed by atoms with Gasteiger partial charge in [0.25, 0.3) is 10.0 Å². The highest BCUT2D eigenvalue weighted by atomic mass is 32.2. The average molecular weight is 326 g/mol. The molecule has 0 aliphatic rings. The van der Waals surface area contributed by atoms with Gasteiger partial charge in [0.2, 0.25) is 0 Å². The second kappa shape index (κ2) is 4.94. The van der Waals surface area contributed by atoms with Crippen molar-refractivity contribution in [3.8, 4) is 0 Å². The first kappa shape index (κ1) is 14.6. The zero-order valence-corrected chi connectivity index (χ0v) is 11.1. The summed E-state index contributed by atoms with van der Waals surface area (Å²) in [7, 11) is -4.40. The lowest BCUT2D eigenvalue weighted by molar-refractivity contribution is 0.459. The summed E-state index contributed by atoms with van der Waals surface area (Å²) < 4.78 is 77.4. The summed E-state index contributed by atoms with van der Waals surface area (Å²) in [5.41, 5.74) is 4.03. The maximum Gasteiger partial charge on any atom is 0.271 e. The van der Waals surface area contributed by atoms with E-state index in [1.165, 1.54) is 10.1 Å². The zero-order chi connectivity index (χ0) is 15.1. The van der Waals surface area contributed by atoms with Crippen LogP contribution in [0.5, 0.6) is 0 Å². The molecule has 0 fully saturated rings. The molecule has 0 amide bonds. The third-order valence-electron chi connectivity index (χ3n) is 2.21. The van der Waals surface area contributed by atoms with E-state index in [1.54, 1.807) is 0 Å². The minimum atomic E-state index is -4.40. The van der Waals surface area contributed by atoms with Crippen molar-refractivity contribution >= 4 is 32.7 Å². The van der Waals surface area contributed by atoms with Crippen LogP contribution in [0.1, 0.15) is 0 Å². The van der Waals surface area contributed by atoms with Gasteiger partial charge in [-0.2, -0.15) is 0 Å². The average Bonchev–Trinajstić information content (AvgIpc) is 2.80. The van der Waals surface area contributed by atoms with E-state index >= 15 is 0 Å². The van der Waals surface area contributed by atoms with Crippen molar-refractivity contribution in [3.63, 3.8) is 0 Å². The predicted octanol–water partition coefficient (Wildman–Crippen LogP) is 2.69. The maximum atomic E-state index is 13.4. The van der Waals surface area contributed by atoms with Crippen LogP contribution in [0.3, 0.4) is 0 Å². The van der Waals surface area contributed by atoms with Gasteiger partial charge in [-0.15, -0.1) is 11.3 Å². The molecule has 1 aromatic heterocycles. The number of sulfonamides is 1. The molecule has 0 bridgehead atoms. The summed E-state index contributed by atoms with van der Waals surface area (Å²) in [6.07, 6.45) is 0. The quantitative estimate of drug-likeness (QED) is 0.673. The van der Waals surface area contributed by atoms with Crippen LogP contribution in [0.25, 0.3) is 0 Å². The Labute approximate surface area is 114 Å². The number of thiophene rings is 1. The van der Waals surface area contributed by atoms with Gasteiger partial charge in [0.15, 0.2) is 23.3 Å². The van der Waals surface area contributed by atoms with Gasteiger partial charge in [0, 0.05) is 17.1 Å². The highest BCUT2D eigenvalue weighted by Crippen LogP contribution is 2.29. The van der Waals surface area contributed by atoms with E-state index in [-0.39, 0.29) is 16.0 Å². The zero-order valence-electron chi connectivity index (χ0n) is 9.45. The third-order valence-corrected chi connectivity index (χ3v) is 5.02. The minimum Gasteiger partial charge on any atom is -0.398 e. The lowest BCUT2D eigenvalue weighted by Crippen LogP contribution is -2.15. The molecule has 0 radical (unpaired) electrons. The van der Waals surface area contributed by atoms with Crippen molar-refractivity contribution in [2.45, 2.75) is 4.21 Å². The molecule has 4 nitrogen and oxygen atoms in total. The molecule has 0 saturated carbocycles. The molecular formula is C10H6F4N2O2S2. The van der Waals surface area contributed by atoms with Crippen LogP contribution in [0.15, 0.2) is 21.7 Å². The van der Waals surface area contributed by atoms with Crippen molar-refractivity contribution in [3.05, 3.63) is 40.8 Å². The van der Waals surface area contributed by atoms with Crippen LogP contribution in [0, 0.1) is 23.3 Å². The number of nitrogens with two attached hydrogens (primary N) is 1.